The van der Waals surface area contributed by atoms with Gasteiger partial charge >= 0.3 is 0 Å². The highest BCUT2D eigenvalue weighted by Crippen LogP contribution is 2.36. The Labute approximate surface area is 235 Å². The molecule has 2 heterocycles. The van der Waals surface area contributed by atoms with Gasteiger partial charge in [0.15, 0.2) is 0 Å². The summed E-state index contributed by atoms with van der Waals surface area (Å²) in [5.41, 5.74) is 4.61. The normalized spacial score (nSPS) is 11.7. The van der Waals surface area contributed by atoms with E-state index in [1.807, 2.05) is 131 Å². The number of pyridine rings is 2. The average molecular weight is 535 g/mol. The fraction of sp³-hybridized carbons (Fsp3) is 0.176. The first-order chi connectivity index (χ1) is 18.7. The Morgan fingerprint density at radius 1 is 0.538 bits per heavy atom. The van der Waals surface area contributed by atoms with Crippen molar-refractivity contribution in [2.75, 3.05) is 0 Å². The van der Waals surface area contributed by atoms with Crippen LogP contribution in [0.2, 0.25) is 5.02 Å². The molecule has 0 amide bonds. The number of ether oxygens (including phenoxy) is 2. The number of aromatic nitrogens is 2. The summed E-state index contributed by atoms with van der Waals surface area (Å²) < 4.78 is 12.8. The van der Waals surface area contributed by atoms with E-state index in [9.17, 15) is 0 Å². The predicted octanol–water partition coefficient (Wildman–Crippen LogP) is 9.09. The first-order valence-corrected chi connectivity index (χ1v) is 13.3. The molecule has 0 N–H and O–H groups in total. The molecule has 0 saturated heterocycles. The van der Waals surface area contributed by atoms with Crippen molar-refractivity contribution < 1.29 is 9.47 Å². The van der Waals surface area contributed by atoms with Crippen LogP contribution in [0.1, 0.15) is 38.8 Å². The third-order valence-corrected chi connectivity index (χ3v) is 6.87. The fourth-order valence-electron chi connectivity index (χ4n) is 4.42. The number of halogens is 1. The zero-order valence-electron chi connectivity index (χ0n) is 22.6. The standard InChI is InChI=1S/C34H31ClN2O2/c1-33(2,26-15-17-31(36-22-26)24-11-7-5-8-12-24)38-29-19-28(35)20-30(21-29)39-34(3,4)27-16-18-32(37-23-27)25-13-9-6-10-14-25/h5-23H,1-4H3. The molecule has 0 spiro atoms. The number of nitrogens with zero attached hydrogens (tertiary/aromatic N) is 2. The minimum Gasteiger partial charge on any atom is -0.483 e. The van der Waals surface area contributed by atoms with Crippen molar-refractivity contribution in [3.8, 4) is 34.0 Å². The predicted molar refractivity (Wildman–Crippen MR) is 158 cm³/mol. The molecule has 0 aliphatic rings. The first-order valence-electron chi connectivity index (χ1n) is 12.9. The zero-order chi connectivity index (χ0) is 27.5. The summed E-state index contributed by atoms with van der Waals surface area (Å²) in [6.45, 7) is 8.05. The highest BCUT2D eigenvalue weighted by atomic mass is 35.5. The van der Waals surface area contributed by atoms with E-state index in [0.29, 0.717) is 16.5 Å². The Kier molecular flexibility index (Phi) is 7.40. The second-order valence-electron chi connectivity index (χ2n) is 10.4. The van der Waals surface area contributed by atoms with Gasteiger partial charge in [0.2, 0.25) is 0 Å². The van der Waals surface area contributed by atoms with Gasteiger partial charge in [-0.25, -0.2) is 0 Å². The Morgan fingerprint density at radius 3 is 1.31 bits per heavy atom. The maximum Gasteiger partial charge on any atom is 0.130 e. The van der Waals surface area contributed by atoms with Crippen molar-refractivity contribution in [1.29, 1.82) is 0 Å². The van der Waals surface area contributed by atoms with Crippen molar-refractivity contribution in [2.45, 2.75) is 38.9 Å². The van der Waals surface area contributed by atoms with E-state index in [1.165, 1.54) is 0 Å². The molecule has 0 unspecified atom stereocenters. The van der Waals surface area contributed by atoms with Crippen molar-refractivity contribution in [2.24, 2.45) is 0 Å². The summed E-state index contributed by atoms with van der Waals surface area (Å²) >= 11 is 6.49. The number of rotatable bonds is 8. The topological polar surface area (TPSA) is 44.2 Å². The van der Waals surface area contributed by atoms with Gasteiger partial charge in [0, 0.05) is 45.7 Å². The lowest BCUT2D eigenvalue weighted by molar-refractivity contribution is 0.0988. The Balaban J connectivity index is 1.32. The van der Waals surface area contributed by atoms with Gasteiger partial charge in [-0.3, -0.25) is 9.97 Å². The lowest BCUT2D eigenvalue weighted by atomic mass is 9.98. The van der Waals surface area contributed by atoms with Crippen molar-refractivity contribution in [3.63, 3.8) is 0 Å². The monoisotopic (exact) mass is 534 g/mol. The van der Waals surface area contributed by atoms with Gasteiger partial charge in [-0.1, -0.05) is 84.4 Å². The molecule has 0 aliphatic heterocycles. The van der Waals surface area contributed by atoms with Gasteiger partial charge in [-0.05, 0) is 52.0 Å². The summed E-state index contributed by atoms with van der Waals surface area (Å²) in [7, 11) is 0. The van der Waals surface area contributed by atoms with Crippen LogP contribution in [0, 0.1) is 0 Å². The van der Waals surface area contributed by atoms with Crippen molar-refractivity contribution in [3.05, 3.63) is 132 Å². The van der Waals surface area contributed by atoms with Crippen LogP contribution in [0.15, 0.2) is 116 Å². The molecule has 2 aromatic heterocycles. The van der Waals surface area contributed by atoms with Crippen molar-refractivity contribution >= 4 is 11.6 Å². The SMILES string of the molecule is CC(C)(Oc1cc(Cl)cc(OC(C)(C)c2ccc(-c3ccccc3)nc2)c1)c1ccc(-c2ccccc2)nc1. The van der Waals surface area contributed by atoms with E-state index in [2.05, 4.69) is 9.97 Å². The largest absolute Gasteiger partial charge is 0.483 e. The van der Waals surface area contributed by atoms with Gasteiger partial charge in [-0.2, -0.15) is 0 Å². The highest BCUT2D eigenvalue weighted by molar-refractivity contribution is 6.30. The molecule has 3 aromatic carbocycles. The van der Waals surface area contributed by atoms with Crippen LogP contribution in [-0.2, 0) is 11.2 Å². The number of benzene rings is 3. The molecule has 39 heavy (non-hydrogen) atoms. The summed E-state index contributed by atoms with van der Waals surface area (Å²) in [6.07, 6.45) is 3.72. The molecule has 0 fully saturated rings. The Morgan fingerprint density at radius 2 is 0.949 bits per heavy atom. The molecule has 0 saturated carbocycles. The minimum absolute atomic E-state index is 0.532. The van der Waals surface area contributed by atoms with Gasteiger partial charge < -0.3 is 9.47 Å². The van der Waals surface area contributed by atoms with E-state index in [1.54, 1.807) is 12.1 Å². The Hall–Kier alpha value is -4.15. The van der Waals surface area contributed by atoms with E-state index >= 15 is 0 Å². The van der Waals surface area contributed by atoms with Gasteiger partial charge in [0.1, 0.15) is 22.7 Å². The molecule has 5 rings (SSSR count). The quantitative estimate of drug-likeness (QED) is 0.199. The van der Waals surface area contributed by atoms with E-state index in [4.69, 9.17) is 21.1 Å². The van der Waals surface area contributed by atoms with Gasteiger partial charge in [0.25, 0.3) is 0 Å². The molecule has 4 nitrogen and oxygen atoms in total. The van der Waals surface area contributed by atoms with Crippen LogP contribution >= 0.6 is 11.6 Å². The summed E-state index contributed by atoms with van der Waals surface area (Å²) in [5.74, 6) is 1.23. The van der Waals surface area contributed by atoms with E-state index in [0.717, 1.165) is 33.6 Å². The molecule has 5 heteroatoms. The highest BCUT2D eigenvalue weighted by Gasteiger charge is 2.26. The third-order valence-electron chi connectivity index (χ3n) is 6.65. The molecule has 196 valence electrons. The lowest BCUT2D eigenvalue weighted by Crippen LogP contribution is -2.26. The van der Waals surface area contributed by atoms with Crippen molar-refractivity contribution in [1.82, 2.24) is 9.97 Å². The summed E-state index contributed by atoms with van der Waals surface area (Å²) in [5, 5.41) is 0.532. The van der Waals surface area contributed by atoms with Crippen LogP contribution in [0.5, 0.6) is 11.5 Å². The maximum absolute atomic E-state index is 6.49. The van der Waals surface area contributed by atoms with E-state index < -0.39 is 11.2 Å². The lowest BCUT2D eigenvalue weighted by Gasteiger charge is -2.29. The fourth-order valence-corrected chi connectivity index (χ4v) is 4.64. The maximum atomic E-state index is 6.49. The second-order valence-corrected chi connectivity index (χ2v) is 10.9. The Bertz CT molecular complexity index is 1420. The molecule has 0 radical (unpaired) electrons. The number of hydrogen-bond donors (Lipinski definition) is 0. The van der Waals surface area contributed by atoms with Crippen LogP contribution in [0.4, 0.5) is 0 Å². The molecule has 0 aliphatic carbocycles. The van der Waals surface area contributed by atoms with Gasteiger partial charge in [-0.15, -0.1) is 0 Å². The molecule has 0 atom stereocenters. The van der Waals surface area contributed by atoms with Gasteiger partial charge in [0.05, 0.1) is 11.4 Å². The molecular formula is C34H31ClN2O2. The van der Waals surface area contributed by atoms with Crippen LogP contribution in [-0.4, -0.2) is 9.97 Å². The van der Waals surface area contributed by atoms with Crippen LogP contribution in [0.3, 0.4) is 0 Å². The molecule has 5 aromatic rings. The van der Waals surface area contributed by atoms with E-state index in [-0.39, 0.29) is 0 Å². The smallest absolute Gasteiger partial charge is 0.130 e. The molecule has 0 bridgehead atoms. The third kappa shape index (κ3) is 6.30. The molecular weight excluding hydrogens is 504 g/mol. The summed E-state index contributed by atoms with van der Waals surface area (Å²) in [4.78, 5) is 9.33. The average Bonchev–Trinajstić information content (AvgIpc) is 2.93. The minimum atomic E-state index is -0.642. The van der Waals surface area contributed by atoms with Crippen LogP contribution < -0.4 is 9.47 Å². The second kappa shape index (κ2) is 10.9. The summed E-state index contributed by atoms with van der Waals surface area (Å²) in [6, 6.07) is 33.8. The first kappa shape index (κ1) is 26.5. The zero-order valence-corrected chi connectivity index (χ0v) is 23.3. The van der Waals surface area contributed by atoms with Crippen LogP contribution in [0.25, 0.3) is 22.5 Å². The number of hydrogen-bond acceptors (Lipinski definition) is 4.